The highest BCUT2D eigenvalue weighted by Crippen LogP contribution is 2.27. The van der Waals surface area contributed by atoms with E-state index in [1.54, 1.807) is 24.3 Å². The Morgan fingerprint density at radius 2 is 1.94 bits per heavy atom. The van der Waals surface area contributed by atoms with E-state index < -0.39 is 10.8 Å². The first kappa shape index (κ1) is 12.8. The summed E-state index contributed by atoms with van der Waals surface area (Å²) >= 11 is 5.96. The molecular weight excluding hydrogens is 256 g/mol. The Morgan fingerprint density at radius 3 is 2.59 bits per heavy atom. The summed E-state index contributed by atoms with van der Waals surface area (Å²) in [5.41, 5.74) is 0. The molecule has 0 heterocycles. The van der Waals surface area contributed by atoms with Crippen LogP contribution in [0.3, 0.4) is 0 Å². The second-order valence-corrected chi connectivity index (χ2v) is 6.19. The van der Waals surface area contributed by atoms with Gasteiger partial charge in [0.2, 0.25) is 0 Å². The van der Waals surface area contributed by atoms with E-state index in [1.165, 1.54) is 0 Å². The summed E-state index contributed by atoms with van der Waals surface area (Å²) in [6.45, 7) is 0. The lowest BCUT2D eigenvalue weighted by Gasteiger charge is -2.08. The Hall–Kier alpha value is -0.670. The molecule has 0 N–H and O–H groups in total. The Morgan fingerprint density at radius 1 is 1.29 bits per heavy atom. The molecule has 1 aliphatic rings. The summed E-state index contributed by atoms with van der Waals surface area (Å²) in [6.07, 6.45) is 4.15. The summed E-state index contributed by atoms with van der Waals surface area (Å²) in [6, 6.07) is 7.01. The summed E-state index contributed by atoms with van der Waals surface area (Å²) in [5, 5.41) is 0.477. The molecule has 2 rings (SSSR count). The van der Waals surface area contributed by atoms with Crippen molar-refractivity contribution >= 4 is 28.2 Å². The van der Waals surface area contributed by atoms with Gasteiger partial charge in [0.15, 0.2) is 0 Å². The third-order valence-corrected chi connectivity index (χ3v) is 5.00. The van der Waals surface area contributed by atoms with Crippen LogP contribution in [0.1, 0.15) is 25.7 Å². The molecule has 1 unspecified atom stereocenters. The van der Waals surface area contributed by atoms with Gasteiger partial charge in [0.1, 0.15) is 5.78 Å². The van der Waals surface area contributed by atoms with Gasteiger partial charge in [-0.05, 0) is 25.0 Å². The number of ketones is 1. The first-order valence-electron chi connectivity index (χ1n) is 5.84. The summed E-state index contributed by atoms with van der Waals surface area (Å²) < 4.78 is 12.0. The van der Waals surface area contributed by atoms with E-state index in [2.05, 4.69) is 0 Å². The van der Waals surface area contributed by atoms with Gasteiger partial charge in [-0.15, -0.1) is 0 Å². The topological polar surface area (TPSA) is 34.1 Å². The Labute approximate surface area is 109 Å². The number of carbonyl (C=O) groups excluding carboxylic acids is 1. The van der Waals surface area contributed by atoms with Gasteiger partial charge in [-0.2, -0.15) is 0 Å². The molecule has 1 atom stereocenters. The van der Waals surface area contributed by atoms with Gasteiger partial charge in [-0.3, -0.25) is 9.00 Å². The van der Waals surface area contributed by atoms with E-state index in [0.29, 0.717) is 9.92 Å². The zero-order chi connectivity index (χ0) is 12.3. The number of benzene rings is 1. The number of carbonyl (C=O) groups is 1. The lowest BCUT2D eigenvalue weighted by Crippen LogP contribution is -2.18. The van der Waals surface area contributed by atoms with Crippen LogP contribution in [0.25, 0.3) is 0 Å². The maximum atomic E-state index is 12.0. The SMILES string of the molecule is O=C(CS(=O)c1ccccc1Cl)C1CCCC1. The molecule has 2 nitrogen and oxygen atoms in total. The van der Waals surface area contributed by atoms with E-state index in [0.717, 1.165) is 25.7 Å². The fourth-order valence-corrected chi connectivity index (χ4v) is 3.76. The van der Waals surface area contributed by atoms with Crippen molar-refractivity contribution < 1.29 is 9.00 Å². The Kier molecular flexibility index (Phi) is 4.35. The second-order valence-electron chi connectivity index (χ2n) is 4.37. The van der Waals surface area contributed by atoms with Crippen LogP contribution in [-0.4, -0.2) is 15.7 Å². The van der Waals surface area contributed by atoms with E-state index in [1.807, 2.05) is 0 Å². The smallest absolute Gasteiger partial charge is 0.148 e. The molecule has 1 aromatic rings. The average molecular weight is 271 g/mol. The molecule has 1 aliphatic carbocycles. The van der Waals surface area contributed by atoms with Crippen LogP contribution in [0, 0.1) is 5.92 Å². The van der Waals surface area contributed by atoms with Crippen molar-refractivity contribution in [1.29, 1.82) is 0 Å². The normalized spacial score (nSPS) is 18.2. The van der Waals surface area contributed by atoms with Crippen LogP contribution in [0.4, 0.5) is 0 Å². The van der Waals surface area contributed by atoms with Gasteiger partial charge in [0.05, 0.1) is 26.5 Å². The molecular formula is C13H15ClO2S. The van der Waals surface area contributed by atoms with E-state index in [-0.39, 0.29) is 17.5 Å². The molecule has 1 fully saturated rings. The van der Waals surface area contributed by atoms with Gasteiger partial charge in [-0.25, -0.2) is 0 Å². The van der Waals surface area contributed by atoms with Gasteiger partial charge >= 0.3 is 0 Å². The number of hydrogen-bond acceptors (Lipinski definition) is 2. The van der Waals surface area contributed by atoms with Crippen molar-refractivity contribution in [2.75, 3.05) is 5.75 Å². The van der Waals surface area contributed by atoms with Gasteiger partial charge in [-0.1, -0.05) is 36.6 Å². The monoisotopic (exact) mass is 270 g/mol. The average Bonchev–Trinajstić information content (AvgIpc) is 2.82. The lowest BCUT2D eigenvalue weighted by molar-refractivity contribution is -0.120. The van der Waals surface area contributed by atoms with Crippen LogP contribution in [-0.2, 0) is 15.6 Å². The molecule has 92 valence electrons. The first-order chi connectivity index (χ1) is 8.18. The van der Waals surface area contributed by atoms with E-state index >= 15 is 0 Å². The highest BCUT2D eigenvalue weighted by Gasteiger charge is 2.24. The van der Waals surface area contributed by atoms with E-state index in [4.69, 9.17) is 11.6 Å². The summed E-state index contributed by atoms with van der Waals surface area (Å²) in [5.74, 6) is 0.358. The van der Waals surface area contributed by atoms with Crippen LogP contribution >= 0.6 is 11.6 Å². The molecule has 0 aliphatic heterocycles. The van der Waals surface area contributed by atoms with Crippen molar-refractivity contribution in [2.45, 2.75) is 30.6 Å². The third kappa shape index (κ3) is 3.17. The predicted molar refractivity (Wildman–Crippen MR) is 69.7 cm³/mol. The maximum Gasteiger partial charge on any atom is 0.148 e. The summed E-state index contributed by atoms with van der Waals surface area (Å²) in [4.78, 5) is 12.5. The number of halogens is 1. The van der Waals surface area contributed by atoms with Crippen LogP contribution in [0.15, 0.2) is 29.2 Å². The fraction of sp³-hybridized carbons (Fsp3) is 0.462. The van der Waals surface area contributed by atoms with Crippen molar-refractivity contribution in [2.24, 2.45) is 5.92 Å². The van der Waals surface area contributed by atoms with Crippen molar-refractivity contribution in [3.63, 3.8) is 0 Å². The summed E-state index contributed by atoms with van der Waals surface area (Å²) in [7, 11) is -1.30. The minimum absolute atomic E-state index is 0.106. The number of hydrogen-bond donors (Lipinski definition) is 0. The Balaban J connectivity index is 2.02. The third-order valence-electron chi connectivity index (χ3n) is 3.17. The highest BCUT2D eigenvalue weighted by atomic mass is 35.5. The lowest BCUT2D eigenvalue weighted by atomic mass is 10.0. The van der Waals surface area contributed by atoms with Gasteiger partial charge < -0.3 is 0 Å². The fourth-order valence-electron chi connectivity index (χ4n) is 2.20. The van der Waals surface area contributed by atoms with Gasteiger partial charge in [0, 0.05) is 5.92 Å². The second kappa shape index (κ2) is 5.78. The molecule has 0 bridgehead atoms. The van der Waals surface area contributed by atoms with Gasteiger partial charge in [0.25, 0.3) is 0 Å². The molecule has 17 heavy (non-hydrogen) atoms. The number of Topliss-reactive ketones (excluding diaryl/α,β-unsaturated/α-hetero) is 1. The highest BCUT2D eigenvalue weighted by molar-refractivity contribution is 7.86. The molecule has 0 radical (unpaired) electrons. The predicted octanol–water partition coefficient (Wildman–Crippen LogP) is 3.21. The minimum atomic E-state index is -1.30. The molecule has 1 saturated carbocycles. The molecule has 0 aromatic heterocycles. The zero-order valence-corrected chi connectivity index (χ0v) is 11.1. The molecule has 1 aromatic carbocycles. The van der Waals surface area contributed by atoms with Crippen molar-refractivity contribution in [3.8, 4) is 0 Å². The maximum absolute atomic E-state index is 12.0. The molecule has 0 saturated heterocycles. The standard InChI is InChI=1S/C13H15ClO2S/c14-11-7-3-4-8-13(11)17(16)9-12(15)10-5-1-2-6-10/h3-4,7-8,10H,1-2,5-6,9H2. The van der Waals surface area contributed by atoms with Crippen LogP contribution < -0.4 is 0 Å². The van der Waals surface area contributed by atoms with Crippen LogP contribution in [0.2, 0.25) is 5.02 Å². The minimum Gasteiger partial charge on any atom is -0.298 e. The quantitative estimate of drug-likeness (QED) is 0.842. The van der Waals surface area contributed by atoms with Crippen molar-refractivity contribution in [1.82, 2.24) is 0 Å². The van der Waals surface area contributed by atoms with Crippen LogP contribution in [0.5, 0.6) is 0 Å². The van der Waals surface area contributed by atoms with Crippen molar-refractivity contribution in [3.05, 3.63) is 29.3 Å². The largest absolute Gasteiger partial charge is 0.298 e. The first-order valence-corrected chi connectivity index (χ1v) is 7.54. The Bertz CT molecular complexity index is 439. The zero-order valence-electron chi connectivity index (χ0n) is 9.52. The molecule has 0 spiro atoms. The molecule has 4 heteroatoms. The van der Waals surface area contributed by atoms with E-state index in [9.17, 15) is 9.00 Å². The number of rotatable bonds is 4. The molecule has 0 amide bonds.